The minimum Gasteiger partial charge on any atom is -0.464 e. The highest BCUT2D eigenvalue weighted by Gasteiger charge is 2.31. The van der Waals surface area contributed by atoms with Gasteiger partial charge >= 0.3 is 0 Å². The molecule has 114 valence electrons. The van der Waals surface area contributed by atoms with Crippen molar-refractivity contribution >= 4 is 10.0 Å². The average molecular weight is 301 g/mol. The Balaban J connectivity index is 2.18. The Morgan fingerprint density at radius 1 is 1.30 bits per heavy atom. The summed E-state index contributed by atoms with van der Waals surface area (Å²) in [5, 5.41) is 2.96. The van der Waals surface area contributed by atoms with E-state index in [9.17, 15) is 8.42 Å². The summed E-state index contributed by atoms with van der Waals surface area (Å²) in [7, 11) is -1.64. The van der Waals surface area contributed by atoms with Crippen molar-refractivity contribution in [2.45, 2.75) is 25.3 Å². The number of nitrogens with zero attached hydrogens (tertiary/aromatic N) is 2. The first-order valence-corrected chi connectivity index (χ1v) is 8.39. The van der Waals surface area contributed by atoms with E-state index >= 15 is 0 Å². The van der Waals surface area contributed by atoms with Gasteiger partial charge in [0.15, 0.2) is 0 Å². The Kier molecular flexibility index (Phi) is 4.85. The Bertz CT molecular complexity index is 545. The SMILES string of the molecule is CCN1CCN(S(=O)(=O)c2cc(CNC)oc2C)CC1. The monoisotopic (exact) mass is 301 g/mol. The fourth-order valence-corrected chi connectivity index (χ4v) is 4.07. The van der Waals surface area contributed by atoms with Gasteiger partial charge in [-0.1, -0.05) is 6.92 Å². The van der Waals surface area contributed by atoms with Gasteiger partial charge in [-0.25, -0.2) is 8.42 Å². The molecular weight excluding hydrogens is 278 g/mol. The fraction of sp³-hybridized carbons (Fsp3) is 0.692. The highest BCUT2D eigenvalue weighted by molar-refractivity contribution is 7.89. The van der Waals surface area contributed by atoms with Crippen LogP contribution < -0.4 is 5.32 Å². The lowest BCUT2D eigenvalue weighted by Crippen LogP contribution is -2.48. The van der Waals surface area contributed by atoms with Crippen LogP contribution in [0.15, 0.2) is 15.4 Å². The number of aryl methyl sites for hydroxylation is 1. The second kappa shape index (κ2) is 6.26. The Morgan fingerprint density at radius 3 is 2.50 bits per heavy atom. The van der Waals surface area contributed by atoms with E-state index < -0.39 is 10.0 Å². The lowest BCUT2D eigenvalue weighted by molar-refractivity contribution is 0.196. The molecule has 1 aliphatic heterocycles. The van der Waals surface area contributed by atoms with Gasteiger partial charge in [0, 0.05) is 32.2 Å². The lowest BCUT2D eigenvalue weighted by atomic mass is 10.4. The molecule has 0 amide bonds. The van der Waals surface area contributed by atoms with Crippen molar-refractivity contribution < 1.29 is 12.8 Å². The molecular formula is C13H23N3O3S. The molecule has 0 aliphatic carbocycles. The van der Waals surface area contributed by atoms with Crippen LogP contribution in [0.3, 0.4) is 0 Å². The Morgan fingerprint density at radius 2 is 1.95 bits per heavy atom. The molecule has 2 heterocycles. The molecule has 0 aromatic carbocycles. The van der Waals surface area contributed by atoms with Crippen molar-refractivity contribution in [2.24, 2.45) is 0 Å². The van der Waals surface area contributed by atoms with Gasteiger partial charge in [0.1, 0.15) is 16.4 Å². The molecule has 0 spiro atoms. The molecule has 0 saturated carbocycles. The van der Waals surface area contributed by atoms with Crippen LogP contribution in [0.2, 0.25) is 0 Å². The highest BCUT2D eigenvalue weighted by Crippen LogP contribution is 2.24. The van der Waals surface area contributed by atoms with Crippen LogP contribution >= 0.6 is 0 Å². The molecule has 1 aliphatic rings. The summed E-state index contributed by atoms with van der Waals surface area (Å²) in [5.74, 6) is 1.11. The topological polar surface area (TPSA) is 65.8 Å². The summed E-state index contributed by atoms with van der Waals surface area (Å²) in [6.45, 7) is 7.95. The zero-order valence-corrected chi connectivity index (χ0v) is 13.2. The van der Waals surface area contributed by atoms with Crippen LogP contribution in [0.4, 0.5) is 0 Å². The van der Waals surface area contributed by atoms with Gasteiger partial charge in [0.2, 0.25) is 10.0 Å². The number of piperazine rings is 1. The molecule has 2 rings (SSSR count). The van der Waals surface area contributed by atoms with Gasteiger partial charge in [-0.05, 0) is 20.5 Å². The zero-order valence-electron chi connectivity index (χ0n) is 12.3. The maximum absolute atomic E-state index is 12.6. The van der Waals surface area contributed by atoms with Crippen LogP contribution in [-0.2, 0) is 16.6 Å². The van der Waals surface area contributed by atoms with Gasteiger partial charge < -0.3 is 14.6 Å². The third-order valence-electron chi connectivity index (χ3n) is 3.67. The number of furan rings is 1. The first-order chi connectivity index (χ1) is 9.48. The predicted molar refractivity (Wildman–Crippen MR) is 77.1 cm³/mol. The Labute approximate surface area is 120 Å². The molecule has 6 nitrogen and oxygen atoms in total. The Hall–Kier alpha value is -0.890. The van der Waals surface area contributed by atoms with Gasteiger partial charge in [-0.3, -0.25) is 0 Å². The number of rotatable bonds is 5. The molecule has 1 N–H and O–H groups in total. The maximum Gasteiger partial charge on any atom is 0.246 e. The van der Waals surface area contributed by atoms with Crippen molar-refractivity contribution in [3.8, 4) is 0 Å². The van der Waals surface area contributed by atoms with E-state index in [4.69, 9.17) is 4.42 Å². The highest BCUT2D eigenvalue weighted by atomic mass is 32.2. The maximum atomic E-state index is 12.6. The molecule has 0 radical (unpaired) electrons. The van der Waals surface area contributed by atoms with Crippen LogP contribution in [0.5, 0.6) is 0 Å². The van der Waals surface area contributed by atoms with Gasteiger partial charge in [-0.15, -0.1) is 0 Å². The summed E-state index contributed by atoms with van der Waals surface area (Å²) in [6, 6.07) is 1.63. The van der Waals surface area contributed by atoms with Crippen LogP contribution in [0.25, 0.3) is 0 Å². The van der Waals surface area contributed by atoms with E-state index in [2.05, 4.69) is 17.1 Å². The van der Waals surface area contributed by atoms with Gasteiger partial charge in [0.25, 0.3) is 0 Å². The zero-order chi connectivity index (χ0) is 14.8. The largest absolute Gasteiger partial charge is 0.464 e. The molecule has 20 heavy (non-hydrogen) atoms. The predicted octanol–water partition coefficient (Wildman–Crippen LogP) is 0.634. The second-order valence-corrected chi connectivity index (χ2v) is 6.91. The molecule has 1 saturated heterocycles. The first kappa shape index (κ1) is 15.5. The molecule has 1 aromatic rings. The first-order valence-electron chi connectivity index (χ1n) is 6.95. The summed E-state index contributed by atoms with van der Waals surface area (Å²) in [6.07, 6.45) is 0. The van der Waals surface area contributed by atoms with Crippen molar-refractivity contribution in [1.29, 1.82) is 0 Å². The standard InChI is InChI=1S/C13H23N3O3S/c1-4-15-5-7-16(8-6-15)20(17,18)13-9-12(10-14-3)19-11(13)2/h9,14H,4-8,10H2,1-3H3. The van der Waals surface area contributed by atoms with Gasteiger partial charge in [0.05, 0.1) is 6.54 Å². The number of likely N-dealkylation sites (N-methyl/N-ethyl adjacent to an activating group) is 1. The third-order valence-corrected chi connectivity index (χ3v) is 5.68. The normalized spacial score (nSPS) is 18.6. The van der Waals surface area contributed by atoms with E-state index in [1.807, 2.05) is 0 Å². The molecule has 0 bridgehead atoms. The van der Waals surface area contributed by atoms with Crippen LogP contribution in [0.1, 0.15) is 18.4 Å². The van der Waals surface area contributed by atoms with Gasteiger partial charge in [-0.2, -0.15) is 4.31 Å². The minimum absolute atomic E-state index is 0.299. The van der Waals surface area contributed by atoms with Crippen LogP contribution in [0, 0.1) is 6.92 Å². The number of sulfonamides is 1. The quantitative estimate of drug-likeness (QED) is 0.864. The third kappa shape index (κ3) is 3.06. The summed E-state index contributed by atoms with van der Waals surface area (Å²) < 4.78 is 32.3. The van der Waals surface area contributed by atoms with Crippen molar-refractivity contribution in [2.75, 3.05) is 39.8 Å². The van der Waals surface area contributed by atoms with E-state index in [1.165, 1.54) is 0 Å². The van der Waals surface area contributed by atoms with Crippen molar-refractivity contribution in [3.63, 3.8) is 0 Å². The fourth-order valence-electron chi connectivity index (χ4n) is 2.47. The molecule has 7 heteroatoms. The van der Waals surface area contributed by atoms with E-state index in [0.717, 1.165) is 19.6 Å². The molecule has 0 unspecified atom stereocenters. The number of nitrogens with one attached hydrogen (secondary N) is 1. The summed E-state index contributed by atoms with van der Waals surface area (Å²) in [4.78, 5) is 2.55. The average Bonchev–Trinajstić information content (AvgIpc) is 2.81. The minimum atomic E-state index is -3.44. The molecule has 1 aromatic heterocycles. The van der Waals surface area contributed by atoms with E-state index in [1.54, 1.807) is 24.3 Å². The van der Waals surface area contributed by atoms with Crippen molar-refractivity contribution in [1.82, 2.24) is 14.5 Å². The van der Waals surface area contributed by atoms with E-state index in [-0.39, 0.29) is 0 Å². The number of hydrogen-bond acceptors (Lipinski definition) is 5. The molecule has 0 atom stereocenters. The lowest BCUT2D eigenvalue weighted by Gasteiger charge is -2.33. The van der Waals surface area contributed by atoms with Crippen LogP contribution in [-0.4, -0.2) is 57.4 Å². The second-order valence-electron chi connectivity index (χ2n) is 5.00. The van der Waals surface area contributed by atoms with Crippen molar-refractivity contribution in [3.05, 3.63) is 17.6 Å². The summed E-state index contributed by atoms with van der Waals surface area (Å²) in [5.41, 5.74) is 0. The smallest absolute Gasteiger partial charge is 0.246 e. The summed E-state index contributed by atoms with van der Waals surface area (Å²) >= 11 is 0. The molecule has 1 fully saturated rings. The van der Waals surface area contributed by atoms with E-state index in [0.29, 0.717) is 36.1 Å². The number of hydrogen-bond donors (Lipinski definition) is 1.